The Morgan fingerprint density at radius 3 is 3.19 bits per heavy atom. The molecule has 0 fully saturated rings. The molecular weight excluding hydrogens is 312 g/mol. The minimum absolute atomic E-state index is 0.214. The molecule has 0 unspecified atom stereocenters. The molecule has 0 saturated heterocycles. The lowest BCUT2D eigenvalue weighted by molar-refractivity contribution is 0.174. The van der Waals surface area contributed by atoms with E-state index in [-0.39, 0.29) is 6.79 Å². The highest BCUT2D eigenvalue weighted by atomic mass is 35.5. The number of hydrogen-bond donors (Lipinski definition) is 0. The van der Waals surface area contributed by atoms with Gasteiger partial charge in [0.15, 0.2) is 11.5 Å². The molecule has 0 amide bonds. The average molecular weight is 321 g/mol. The Labute approximate surface area is 129 Å². The highest BCUT2D eigenvalue weighted by molar-refractivity contribution is 7.98. The molecule has 2 aromatic heterocycles. The average Bonchev–Trinajstić information content (AvgIpc) is 3.11. The summed E-state index contributed by atoms with van der Waals surface area (Å²) in [5.41, 5.74) is 1.03. The van der Waals surface area contributed by atoms with Gasteiger partial charge in [-0.05, 0) is 23.8 Å². The summed E-state index contributed by atoms with van der Waals surface area (Å²) < 4.78 is 12.3. The quantitative estimate of drug-likeness (QED) is 0.692. The Kier molecular flexibility index (Phi) is 3.08. The fraction of sp³-hybridized carbons (Fsp3) is 0.154. The Balaban J connectivity index is 1.55. The fourth-order valence-corrected chi connectivity index (χ4v) is 3.07. The second kappa shape index (κ2) is 5.09. The van der Waals surface area contributed by atoms with Gasteiger partial charge in [0.05, 0.1) is 5.02 Å². The largest absolute Gasteiger partial charge is 0.454 e. The van der Waals surface area contributed by atoms with Crippen LogP contribution >= 0.6 is 23.4 Å². The van der Waals surface area contributed by atoms with Crippen LogP contribution < -0.4 is 9.47 Å². The third-order valence-electron chi connectivity index (χ3n) is 2.95. The van der Waals surface area contributed by atoms with Crippen LogP contribution in [0.1, 0.15) is 5.56 Å². The van der Waals surface area contributed by atoms with E-state index in [2.05, 4.69) is 15.1 Å². The van der Waals surface area contributed by atoms with Crippen LogP contribution in [0.3, 0.4) is 0 Å². The standard InChI is InChI=1S/C13H9ClN4O2S/c14-9-4-8(5-10-11(9)20-7-19-10)6-21-13-16-12-15-2-1-3-18(12)17-13/h1-5H,6-7H2. The Morgan fingerprint density at radius 2 is 2.29 bits per heavy atom. The normalized spacial score (nSPS) is 13.0. The predicted octanol–water partition coefficient (Wildman–Crippen LogP) is 2.80. The van der Waals surface area contributed by atoms with E-state index in [0.29, 0.717) is 33.2 Å². The van der Waals surface area contributed by atoms with Crippen molar-refractivity contribution in [3.63, 3.8) is 0 Å². The van der Waals surface area contributed by atoms with Crippen molar-refractivity contribution >= 4 is 29.1 Å². The number of benzene rings is 1. The van der Waals surface area contributed by atoms with E-state index < -0.39 is 0 Å². The zero-order valence-corrected chi connectivity index (χ0v) is 12.3. The summed E-state index contributed by atoms with van der Waals surface area (Å²) in [7, 11) is 0. The van der Waals surface area contributed by atoms with E-state index in [0.717, 1.165) is 5.56 Å². The number of nitrogens with zero attached hydrogens (tertiary/aromatic N) is 4. The summed E-state index contributed by atoms with van der Waals surface area (Å²) in [5, 5.41) is 5.57. The second-order valence-electron chi connectivity index (χ2n) is 4.36. The molecule has 1 aromatic carbocycles. The Bertz CT molecular complexity index is 790. The molecule has 4 rings (SSSR count). The van der Waals surface area contributed by atoms with Crippen LogP contribution in [0.15, 0.2) is 35.7 Å². The number of fused-ring (bicyclic) bond motifs is 2. The maximum absolute atomic E-state index is 6.16. The summed E-state index contributed by atoms with van der Waals surface area (Å²) in [6.45, 7) is 0.214. The summed E-state index contributed by atoms with van der Waals surface area (Å²) in [6, 6.07) is 5.61. The summed E-state index contributed by atoms with van der Waals surface area (Å²) in [6.07, 6.45) is 3.51. The molecule has 1 aliphatic rings. The fourth-order valence-electron chi connectivity index (χ4n) is 2.03. The Morgan fingerprint density at radius 1 is 1.33 bits per heavy atom. The molecule has 6 nitrogen and oxygen atoms in total. The van der Waals surface area contributed by atoms with Gasteiger partial charge in [-0.2, -0.15) is 4.98 Å². The van der Waals surface area contributed by atoms with E-state index in [9.17, 15) is 0 Å². The van der Waals surface area contributed by atoms with E-state index in [1.807, 2.05) is 24.4 Å². The molecule has 0 spiro atoms. The van der Waals surface area contributed by atoms with Crippen LogP contribution in [0.4, 0.5) is 0 Å². The molecule has 106 valence electrons. The molecule has 0 bridgehead atoms. The molecule has 1 aliphatic heterocycles. The van der Waals surface area contributed by atoms with Crippen molar-refractivity contribution in [1.82, 2.24) is 19.6 Å². The van der Waals surface area contributed by atoms with Crippen molar-refractivity contribution in [3.8, 4) is 11.5 Å². The van der Waals surface area contributed by atoms with Crippen molar-refractivity contribution < 1.29 is 9.47 Å². The highest BCUT2D eigenvalue weighted by Gasteiger charge is 2.18. The van der Waals surface area contributed by atoms with Crippen LogP contribution in [0.5, 0.6) is 11.5 Å². The van der Waals surface area contributed by atoms with E-state index >= 15 is 0 Å². The lowest BCUT2D eigenvalue weighted by Gasteiger charge is -2.03. The third kappa shape index (κ3) is 2.38. The zero-order chi connectivity index (χ0) is 14.2. The molecular formula is C13H9ClN4O2S. The molecule has 3 aromatic rings. The van der Waals surface area contributed by atoms with Crippen molar-refractivity contribution in [2.24, 2.45) is 0 Å². The van der Waals surface area contributed by atoms with E-state index in [1.165, 1.54) is 11.8 Å². The second-order valence-corrected chi connectivity index (χ2v) is 5.71. The molecule has 8 heteroatoms. The van der Waals surface area contributed by atoms with Crippen LogP contribution in [0.2, 0.25) is 5.02 Å². The van der Waals surface area contributed by atoms with Crippen LogP contribution in [0, 0.1) is 0 Å². The van der Waals surface area contributed by atoms with Gasteiger partial charge >= 0.3 is 0 Å². The molecule has 3 heterocycles. The van der Waals surface area contributed by atoms with Crippen LogP contribution in [0.25, 0.3) is 5.78 Å². The van der Waals surface area contributed by atoms with Gasteiger partial charge in [-0.1, -0.05) is 23.4 Å². The van der Waals surface area contributed by atoms with Gasteiger partial charge in [0.1, 0.15) is 0 Å². The number of rotatable bonds is 3. The lowest BCUT2D eigenvalue weighted by Crippen LogP contribution is -1.93. The van der Waals surface area contributed by atoms with Gasteiger partial charge in [0, 0.05) is 18.1 Å². The monoisotopic (exact) mass is 320 g/mol. The molecule has 0 N–H and O–H groups in total. The number of halogens is 1. The van der Waals surface area contributed by atoms with Crippen LogP contribution in [-0.2, 0) is 5.75 Å². The summed E-state index contributed by atoms with van der Waals surface area (Å²) in [4.78, 5) is 8.47. The highest BCUT2D eigenvalue weighted by Crippen LogP contribution is 2.40. The molecule has 0 aliphatic carbocycles. The van der Waals surface area contributed by atoms with Crippen molar-refractivity contribution in [3.05, 3.63) is 41.2 Å². The minimum atomic E-state index is 0.214. The first kappa shape index (κ1) is 12.7. The molecule has 0 radical (unpaired) electrons. The number of hydrogen-bond acceptors (Lipinski definition) is 6. The first-order chi connectivity index (χ1) is 10.3. The third-order valence-corrected chi connectivity index (χ3v) is 4.14. The maximum atomic E-state index is 6.16. The first-order valence-electron chi connectivity index (χ1n) is 6.18. The summed E-state index contributed by atoms with van der Waals surface area (Å²) in [5.74, 6) is 2.57. The maximum Gasteiger partial charge on any atom is 0.253 e. The van der Waals surface area contributed by atoms with Gasteiger partial charge in [0.2, 0.25) is 11.9 Å². The number of aromatic nitrogens is 4. The smallest absolute Gasteiger partial charge is 0.253 e. The Hall–Kier alpha value is -1.99. The number of ether oxygens (including phenoxy) is 2. The van der Waals surface area contributed by atoms with E-state index in [1.54, 1.807) is 10.7 Å². The lowest BCUT2D eigenvalue weighted by atomic mass is 10.2. The predicted molar refractivity (Wildman–Crippen MR) is 77.9 cm³/mol. The molecule has 0 saturated carbocycles. The zero-order valence-electron chi connectivity index (χ0n) is 10.7. The van der Waals surface area contributed by atoms with Gasteiger partial charge in [-0.25, -0.2) is 9.50 Å². The van der Waals surface area contributed by atoms with Gasteiger partial charge < -0.3 is 9.47 Å². The van der Waals surface area contributed by atoms with Crippen LogP contribution in [-0.4, -0.2) is 26.4 Å². The van der Waals surface area contributed by atoms with Crippen molar-refractivity contribution in [1.29, 1.82) is 0 Å². The molecule has 0 atom stereocenters. The van der Waals surface area contributed by atoms with Crippen molar-refractivity contribution in [2.45, 2.75) is 10.9 Å². The van der Waals surface area contributed by atoms with Gasteiger partial charge in [0.25, 0.3) is 5.78 Å². The van der Waals surface area contributed by atoms with Crippen molar-refractivity contribution in [2.75, 3.05) is 6.79 Å². The summed E-state index contributed by atoms with van der Waals surface area (Å²) >= 11 is 7.68. The van der Waals surface area contributed by atoms with E-state index in [4.69, 9.17) is 21.1 Å². The van der Waals surface area contributed by atoms with Gasteiger partial charge in [-0.15, -0.1) is 5.10 Å². The molecule has 21 heavy (non-hydrogen) atoms. The minimum Gasteiger partial charge on any atom is -0.454 e. The number of thioether (sulfide) groups is 1. The topological polar surface area (TPSA) is 61.5 Å². The SMILES string of the molecule is Clc1cc(CSc2nc3ncccn3n2)cc2c1OCO2. The first-order valence-corrected chi connectivity index (χ1v) is 7.54. The van der Waals surface area contributed by atoms with Gasteiger partial charge in [-0.3, -0.25) is 0 Å².